The number of benzene rings is 8. The SMILES string of the molecule is c1ccc2c(c1)Oc1ccc(-n3c4ccccc4c4ccccc43)cc1C21c2cccnc2-c2ncc(-c3ccc4c(c3)c3ccccc3n4-c3ccncc3-n3c4ccccc4c4ccccc43)cc21. The summed E-state index contributed by atoms with van der Waals surface area (Å²) >= 11 is 0. The predicted octanol–water partition coefficient (Wildman–Crippen LogP) is 15.3. The molecule has 6 aromatic heterocycles. The van der Waals surface area contributed by atoms with Crippen molar-refractivity contribution in [2.24, 2.45) is 0 Å². The van der Waals surface area contributed by atoms with Crippen LogP contribution in [0, 0.1) is 0 Å². The van der Waals surface area contributed by atoms with E-state index >= 15 is 0 Å². The molecule has 2 aliphatic rings. The van der Waals surface area contributed by atoms with E-state index in [2.05, 4.69) is 220 Å². The van der Waals surface area contributed by atoms with Crippen molar-refractivity contribution in [1.29, 1.82) is 0 Å². The zero-order chi connectivity index (χ0) is 46.4. The van der Waals surface area contributed by atoms with Gasteiger partial charge in [-0.15, -0.1) is 0 Å². The first-order chi connectivity index (χ1) is 35.2. The number of aromatic nitrogens is 6. The largest absolute Gasteiger partial charge is 0.457 e. The molecule has 0 saturated heterocycles. The van der Waals surface area contributed by atoms with Crippen LogP contribution in [0.25, 0.3) is 105 Å². The van der Waals surface area contributed by atoms with Crippen molar-refractivity contribution in [2.75, 3.05) is 0 Å². The van der Waals surface area contributed by atoms with Crippen molar-refractivity contribution >= 4 is 65.4 Å². The van der Waals surface area contributed by atoms with Gasteiger partial charge in [0, 0.05) is 78.8 Å². The number of hydrogen-bond acceptors (Lipinski definition) is 4. The number of nitrogens with zero attached hydrogens (tertiary/aromatic N) is 6. The van der Waals surface area contributed by atoms with Gasteiger partial charge in [-0.25, -0.2) is 0 Å². The van der Waals surface area contributed by atoms with Gasteiger partial charge in [0.1, 0.15) is 11.5 Å². The lowest BCUT2D eigenvalue weighted by atomic mass is 9.66. The second-order valence-corrected chi connectivity index (χ2v) is 18.7. The third-order valence-electron chi connectivity index (χ3n) is 15.3. The normalized spacial score (nSPS) is 14.6. The third kappa shape index (κ3) is 5.08. The Kier molecular flexibility index (Phi) is 7.69. The molecule has 1 aliphatic carbocycles. The van der Waals surface area contributed by atoms with E-state index in [1.807, 2.05) is 24.8 Å². The summed E-state index contributed by atoms with van der Waals surface area (Å²) in [6, 6.07) is 74.2. The highest BCUT2D eigenvalue weighted by molar-refractivity contribution is 6.13. The van der Waals surface area contributed by atoms with Crippen LogP contribution in [0.4, 0.5) is 0 Å². The fourth-order valence-electron chi connectivity index (χ4n) is 12.4. The molecule has 0 fully saturated rings. The fourth-order valence-corrected chi connectivity index (χ4v) is 12.4. The van der Waals surface area contributed by atoms with E-state index in [-0.39, 0.29) is 0 Å². The number of hydrogen-bond donors (Lipinski definition) is 0. The summed E-state index contributed by atoms with van der Waals surface area (Å²) in [5.74, 6) is 1.63. The standard InChI is InChI=1S/C64H38N6O/c1-7-21-52-42(14-1)43-15-2-8-22-53(43)68(52)41-28-30-61-50(36-41)64(48-19-6-12-26-60(48)71-61)49-20-13-32-66-62(49)63-51(64)35-40(37-67-63)39-27-29-57-47(34-39)46-18-5-11-25-56(46)69(57)58-31-33-65-38-59(58)70-54-23-9-3-16-44(54)45-17-4-10-24-55(45)70/h1-38H. The maximum atomic E-state index is 6.90. The molecular weight excluding hydrogens is 869 g/mol. The van der Waals surface area contributed by atoms with Gasteiger partial charge in [-0.2, -0.15) is 0 Å². The van der Waals surface area contributed by atoms with Crippen LogP contribution in [0.1, 0.15) is 22.3 Å². The first-order valence-corrected chi connectivity index (χ1v) is 24.1. The minimum Gasteiger partial charge on any atom is -0.457 e. The monoisotopic (exact) mass is 906 g/mol. The highest BCUT2D eigenvalue weighted by atomic mass is 16.5. The van der Waals surface area contributed by atoms with Crippen LogP contribution < -0.4 is 4.74 Å². The summed E-state index contributed by atoms with van der Waals surface area (Å²) in [5, 5.41) is 7.18. The van der Waals surface area contributed by atoms with Gasteiger partial charge in [0.25, 0.3) is 0 Å². The molecular formula is C64H38N6O. The zero-order valence-electron chi connectivity index (χ0n) is 38.0. The van der Waals surface area contributed by atoms with Gasteiger partial charge in [0.2, 0.25) is 0 Å². The molecule has 0 amide bonds. The molecule has 7 heteroatoms. The lowest BCUT2D eigenvalue weighted by Gasteiger charge is -2.39. The molecule has 16 rings (SSSR count). The molecule has 330 valence electrons. The Bertz CT molecular complexity index is 4490. The third-order valence-corrected chi connectivity index (χ3v) is 15.3. The topological polar surface area (TPSA) is 62.7 Å². The summed E-state index contributed by atoms with van der Waals surface area (Å²) in [7, 11) is 0. The summed E-state index contributed by atoms with van der Waals surface area (Å²) in [4.78, 5) is 15.2. The molecule has 7 heterocycles. The summed E-state index contributed by atoms with van der Waals surface area (Å²) in [6.07, 6.45) is 7.82. The van der Waals surface area contributed by atoms with Crippen molar-refractivity contribution < 1.29 is 4.74 Å². The van der Waals surface area contributed by atoms with E-state index in [9.17, 15) is 0 Å². The highest BCUT2D eigenvalue weighted by Crippen LogP contribution is 2.62. The van der Waals surface area contributed by atoms with Crippen LogP contribution in [0.2, 0.25) is 0 Å². The molecule has 1 aliphatic heterocycles. The van der Waals surface area contributed by atoms with Crippen molar-refractivity contribution in [1.82, 2.24) is 28.7 Å². The van der Waals surface area contributed by atoms with Crippen LogP contribution in [-0.4, -0.2) is 28.7 Å². The van der Waals surface area contributed by atoms with Crippen molar-refractivity contribution in [3.05, 3.63) is 253 Å². The number of rotatable bonds is 4. The molecule has 0 N–H and O–H groups in total. The Morgan fingerprint density at radius 2 is 0.887 bits per heavy atom. The summed E-state index contributed by atoms with van der Waals surface area (Å²) < 4.78 is 14.0. The molecule has 7 nitrogen and oxygen atoms in total. The van der Waals surface area contributed by atoms with E-state index in [4.69, 9.17) is 19.7 Å². The van der Waals surface area contributed by atoms with Crippen molar-refractivity contribution in [3.8, 4) is 51.1 Å². The van der Waals surface area contributed by atoms with Gasteiger partial charge in [-0.05, 0) is 96.1 Å². The molecule has 1 spiro atoms. The minimum absolute atomic E-state index is 0.786. The molecule has 0 saturated carbocycles. The van der Waals surface area contributed by atoms with Gasteiger partial charge < -0.3 is 18.4 Å². The average molecular weight is 907 g/mol. The van der Waals surface area contributed by atoms with Crippen LogP contribution in [0.15, 0.2) is 231 Å². The first-order valence-electron chi connectivity index (χ1n) is 24.1. The molecule has 8 aromatic carbocycles. The quantitative estimate of drug-likeness (QED) is 0.176. The molecule has 0 bridgehead atoms. The van der Waals surface area contributed by atoms with Crippen molar-refractivity contribution in [2.45, 2.75) is 5.41 Å². The second kappa shape index (κ2) is 14.2. The Hall–Kier alpha value is -9.59. The number of ether oxygens (including phenoxy) is 1. The van der Waals surface area contributed by atoms with Crippen LogP contribution >= 0.6 is 0 Å². The summed E-state index contributed by atoms with van der Waals surface area (Å²) in [6.45, 7) is 0. The highest BCUT2D eigenvalue weighted by Gasteiger charge is 2.52. The van der Waals surface area contributed by atoms with E-state index in [0.29, 0.717) is 0 Å². The van der Waals surface area contributed by atoms with Gasteiger partial charge in [-0.1, -0.05) is 121 Å². The Morgan fingerprint density at radius 3 is 1.58 bits per heavy atom. The molecule has 1 atom stereocenters. The molecule has 14 aromatic rings. The fraction of sp³-hybridized carbons (Fsp3) is 0.0156. The smallest absolute Gasteiger partial charge is 0.132 e. The van der Waals surface area contributed by atoms with Gasteiger partial charge in [0.05, 0.1) is 67.5 Å². The Morgan fingerprint density at radius 1 is 0.338 bits per heavy atom. The lowest BCUT2D eigenvalue weighted by Crippen LogP contribution is -2.32. The molecule has 0 radical (unpaired) electrons. The van der Waals surface area contributed by atoms with Gasteiger partial charge in [-0.3, -0.25) is 15.0 Å². The Labute approximate surface area is 406 Å². The Balaban J connectivity index is 0.915. The van der Waals surface area contributed by atoms with Crippen LogP contribution in [0.5, 0.6) is 11.5 Å². The van der Waals surface area contributed by atoms with Gasteiger partial charge >= 0.3 is 0 Å². The first kappa shape index (κ1) is 38.4. The van der Waals surface area contributed by atoms with Crippen LogP contribution in [0.3, 0.4) is 0 Å². The predicted molar refractivity (Wildman–Crippen MR) is 286 cm³/mol. The summed E-state index contributed by atoms with van der Waals surface area (Å²) in [5.41, 5.74) is 17.3. The van der Waals surface area contributed by atoms with E-state index in [1.165, 1.54) is 26.9 Å². The second-order valence-electron chi connectivity index (χ2n) is 18.7. The lowest BCUT2D eigenvalue weighted by molar-refractivity contribution is 0.436. The van der Waals surface area contributed by atoms with Crippen molar-refractivity contribution in [3.63, 3.8) is 0 Å². The molecule has 1 unspecified atom stereocenters. The maximum absolute atomic E-state index is 6.90. The molecule has 71 heavy (non-hydrogen) atoms. The average Bonchev–Trinajstić information content (AvgIpc) is 4.15. The van der Waals surface area contributed by atoms with E-state index < -0.39 is 5.41 Å². The van der Waals surface area contributed by atoms with E-state index in [0.717, 1.165) is 112 Å². The van der Waals surface area contributed by atoms with Crippen LogP contribution in [-0.2, 0) is 5.41 Å². The number of pyridine rings is 3. The zero-order valence-corrected chi connectivity index (χ0v) is 38.0. The van der Waals surface area contributed by atoms with E-state index in [1.54, 1.807) is 0 Å². The number of para-hydroxylation sites is 6. The number of fused-ring (bicyclic) bond motifs is 18. The minimum atomic E-state index is -0.786. The maximum Gasteiger partial charge on any atom is 0.132 e. The van der Waals surface area contributed by atoms with Gasteiger partial charge in [0.15, 0.2) is 0 Å².